The Balaban J connectivity index is 2.04. The van der Waals surface area contributed by atoms with Crippen molar-refractivity contribution in [3.8, 4) is 0 Å². The van der Waals surface area contributed by atoms with E-state index in [1.54, 1.807) is 6.07 Å². The highest BCUT2D eigenvalue weighted by Crippen LogP contribution is 2.23. The van der Waals surface area contributed by atoms with E-state index in [2.05, 4.69) is 34.0 Å². The SMILES string of the molecule is CCN(CC)c1cc(C)nc(SCc2ccc(C(=O)NC(C)C)o2)n1. The largest absolute Gasteiger partial charge is 0.455 e. The maximum atomic E-state index is 11.9. The van der Waals surface area contributed by atoms with Crippen LogP contribution >= 0.6 is 11.8 Å². The number of anilines is 1. The van der Waals surface area contributed by atoms with Crippen molar-refractivity contribution in [2.24, 2.45) is 0 Å². The lowest BCUT2D eigenvalue weighted by Gasteiger charge is -2.20. The Morgan fingerprint density at radius 2 is 2.00 bits per heavy atom. The Morgan fingerprint density at radius 1 is 1.28 bits per heavy atom. The molecule has 7 heteroatoms. The van der Waals surface area contributed by atoms with Crippen LogP contribution in [0.1, 0.15) is 49.7 Å². The molecule has 0 unspecified atom stereocenters. The van der Waals surface area contributed by atoms with Crippen LogP contribution in [-0.4, -0.2) is 35.0 Å². The normalized spacial score (nSPS) is 11.0. The number of hydrogen-bond donors (Lipinski definition) is 1. The second-order valence-electron chi connectivity index (χ2n) is 6.01. The highest BCUT2D eigenvalue weighted by atomic mass is 32.2. The number of amides is 1. The summed E-state index contributed by atoms with van der Waals surface area (Å²) in [4.78, 5) is 23.2. The van der Waals surface area contributed by atoms with Crippen LogP contribution in [-0.2, 0) is 5.75 Å². The van der Waals surface area contributed by atoms with Crippen LogP contribution in [0.5, 0.6) is 0 Å². The van der Waals surface area contributed by atoms with Gasteiger partial charge in [0.2, 0.25) is 0 Å². The monoisotopic (exact) mass is 362 g/mol. The second kappa shape index (κ2) is 8.89. The molecule has 0 aliphatic carbocycles. The fourth-order valence-corrected chi connectivity index (χ4v) is 3.14. The molecule has 0 fully saturated rings. The zero-order valence-electron chi connectivity index (χ0n) is 15.5. The van der Waals surface area contributed by atoms with Crippen LogP contribution in [0, 0.1) is 6.92 Å². The molecule has 2 aromatic heterocycles. The van der Waals surface area contributed by atoms with Crippen LogP contribution in [0.3, 0.4) is 0 Å². The van der Waals surface area contributed by atoms with E-state index < -0.39 is 0 Å². The van der Waals surface area contributed by atoms with Gasteiger partial charge in [0.15, 0.2) is 10.9 Å². The Morgan fingerprint density at radius 3 is 2.64 bits per heavy atom. The van der Waals surface area contributed by atoms with Gasteiger partial charge in [0.05, 0.1) is 5.75 Å². The summed E-state index contributed by atoms with van der Waals surface area (Å²) < 4.78 is 5.62. The minimum Gasteiger partial charge on any atom is -0.455 e. The Kier molecular flexibility index (Phi) is 6.87. The first-order chi connectivity index (χ1) is 11.9. The maximum Gasteiger partial charge on any atom is 0.287 e. The predicted octanol–water partition coefficient (Wildman–Crippen LogP) is 3.65. The first kappa shape index (κ1) is 19.3. The molecule has 0 atom stereocenters. The van der Waals surface area contributed by atoms with Crippen molar-refractivity contribution in [2.45, 2.75) is 51.6 Å². The highest BCUT2D eigenvalue weighted by molar-refractivity contribution is 7.98. The van der Waals surface area contributed by atoms with Gasteiger partial charge in [-0.05, 0) is 46.8 Å². The second-order valence-corrected chi connectivity index (χ2v) is 6.95. The molecular weight excluding hydrogens is 336 g/mol. The van der Waals surface area contributed by atoms with Crippen LogP contribution in [0.15, 0.2) is 27.8 Å². The molecule has 2 aromatic rings. The van der Waals surface area contributed by atoms with Crippen molar-refractivity contribution < 1.29 is 9.21 Å². The number of carbonyl (C=O) groups is 1. The molecule has 0 spiro atoms. The molecule has 0 aliphatic heterocycles. The topological polar surface area (TPSA) is 71.3 Å². The summed E-state index contributed by atoms with van der Waals surface area (Å²) in [6, 6.07) is 5.60. The summed E-state index contributed by atoms with van der Waals surface area (Å²) >= 11 is 1.50. The van der Waals surface area contributed by atoms with Gasteiger partial charge in [-0.1, -0.05) is 11.8 Å². The van der Waals surface area contributed by atoms with Gasteiger partial charge in [-0.15, -0.1) is 0 Å². The van der Waals surface area contributed by atoms with Crippen molar-refractivity contribution in [1.29, 1.82) is 0 Å². The van der Waals surface area contributed by atoms with Gasteiger partial charge in [-0.25, -0.2) is 9.97 Å². The van der Waals surface area contributed by atoms with Crippen molar-refractivity contribution in [3.63, 3.8) is 0 Å². The number of nitrogens with zero attached hydrogens (tertiary/aromatic N) is 3. The van der Waals surface area contributed by atoms with E-state index in [1.165, 1.54) is 11.8 Å². The minimum atomic E-state index is -0.193. The van der Waals surface area contributed by atoms with E-state index in [-0.39, 0.29) is 11.9 Å². The van der Waals surface area contributed by atoms with Crippen molar-refractivity contribution >= 4 is 23.5 Å². The van der Waals surface area contributed by atoms with E-state index >= 15 is 0 Å². The molecule has 0 saturated heterocycles. The van der Waals surface area contributed by atoms with E-state index in [1.807, 2.05) is 32.9 Å². The summed E-state index contributed by atoms with van der Waals surface area (Å²) in [6.45, 7) is 11.8. The summed E-state index contributed by atoms with van der Waals surface area (Å²) in [7, 11) is 0. The summed E-state index contributed by atoms with van der Waals surface area (Å²) in [5, 5.41) is 3.53. The average molecular weight is 362 g/mol. The molecule has 0 bridgehead atoms. The number of furan rings is 1. The van der Waals surface area contributed by atoms with Crippen LogP contribution in [0.4, 0.5) is 5.82 Å². The van der Waals surface area contributed by atoms with Gasteiger partial charge >= 0.3 is 0 Å². The summed E-state index contributed by atoms with van der Waals surface area (Å²) in [5.74, 6) is 2.39. The quantitative estimate of drug-likeness (QED) is 0.571. The van der Waals surface area contributed by atoms with Gasteiger partial charge in [-0.2, -0.15) is 0 Å². The lowest BCUT2D eigenvalue weighted by atomic mass is 10.3. The fraction of sp³-hybridized carbons (Fsp3) is 0.500. The Hall–Kier alpha value is -2.02. The molecule has 6 nitrogen and oxygen atoms in total. The Labute approximate surface area is 153 Å². The number of carbonyl (C=O) groups excluding carboxylic acids is 1. The number of aryl methyl sites for hydroxylation is 1. The standard InChI is InChI=1S/C18H26N4O2S/c1-6-22(7-2)16-10-13(5)20-18(21-16)25-11-14-8-9-15(24-14)17(23)19-12(3)4/h8-10,12H,6-7,11H2,1-5H3,(H,19,23). The number of thioether (sulfide) groups is 1. The van der Waals surface area contributed by atoms with Crippen molar-refractivity contribution in [1.82, 2.24) is 15.3 Å². The lowest BCUT2D eigenvalue weighted by molar-refractivity contribution is 0.0914. The highest BCUT2D eigenvalue weighted by Gasteiger charge is 2.13. The van der Waals surface area contributed by atoms with E-state index in [4.69, 9.17) is 4.42 Å². The zero-order chi connectivity index (χ0) is 18.4. The molecule has 2 heterocycles. The van der Waals surface area contributed by atoms with E-state index in [0.29, 0.717) is 16.7 Å². The van der Waals surface area contributed by atoms with Crippen molar-refractivity contribution in [2.75, 3.05) is 18.0 Å². The fourth-order valence-electron chi connectivity index (χ4n) is 2.35. The minimum absolute atomic E-state index is 0.0783. The molecule has 0 saturated carbocycles. The van der Waals surface area contributed by atoms with E-state index in [0.717, 1.165) is 30.4 Å². The average Bonchev–Trinajstić information content (AvgIpc) is 3.02. The molecule has 1 amide bonds. The molecule has 2 rings (SSSR count). The predicted molar refractivity (Wildman–Crippen MR) is 101 cm³/mol. The third kappa shape index (κ3) is 5.49. The maximum absolute atomic E-state index is 11.9. The third-order valence-electron chi connectivity index (χ3n) is 3.56. The number of nitrogens with one attached hydrogen (secondary N) is 1. The molecule has 0 aliphatic rings. The molecule has 25 heavy (non-hydrogen) atoms. The van der Waals surface area contributed by atoms with Crippen LogP contribution < -0.4 is 10.2 Å². The van der Waals surface area contributed by atoms with E-state index in [9.17, 15) is 4.79 Å². The number of hydrogen-bond acceptors (Lipinski definition) is 6. The number of rotatable bonds is 8. The van der Waals surface area contributed by atoms with Crippen molar-refractivity contribution in [3.05, 3.63) is 35.4 Å². The lowest BCUT2D eigenvalue weighted by Crippen LogP contribution is -2.29. The van der Waals surface area contributed by atoms with Crippen LogP contribution in [0.2, 0.25) is 0 Å². The zero-order valence-corrected chi connectivity index (χ0v) is 16.3. The van der Waals surface area contributed by atoms with Gasteiger partial charge in [0.25, 0.3) is 5.91 Å². The van der Waals surface area contributed by atoms with Crippen LogP contribution in [0.25, 0.3) is 0 Å². The smallest absolute Gasteiger partial charge is 0.287 e. The molecule has 0 aromatic carbocycles. The number of aromatic nitrogens is 2. The van der Waals surface area contributed by atoms with Gasteiger partial charge in [0.1, 0.15) is 11.6 Å². The first-order valence-electron chi connectivity index (χ1n) is 8.55. The third-order valence-corrected chi connectivity index (χ3v) is 4.43. The molecule has 1 N–H and O–H groups in total. The molecule has 136 valence electrons. The summed E-state index contributed by atoms with van der Waals surface area (Å²) in [5.41, 5.74) is 0.941. The molecule has 0 radical (unpaired) electrons. The van der Waals surface area contributed by atoms with Gasteiger partial charge in [0, 0.05) is 30.9 Å². The van der Waals surface area contributed by atoms with Gasteiger partial charge in [-0.3, -0.25) is 4.79 Å². The summed E-state index contributed by atoms with van der Waals surface area (Å²) in [6.07, 6.45) is 0. The first-order valence-corrected chi connectivity index (χ1v) is 9.54. The Bertz CT molecular complexity index is 711. The molecular formula is C18H26N4O2S. The van der Waals surface area contributed by atoms with Gasteiger partial charge < -0.3 is 14.6 Å².